The maximum atomic E-state index is 10.5. The molecule has 2 rings (SSSR count). The third kappa shape index (κ3) is 8.49. The molecule has 0 heterocycles. The summed E-state index contributed by atoms with van der Waals surface area (Å²) in [7, 11) is -8.67. The topological polar surface area (TPSA) is 114 Å². The van der Waals surface area contributed by atoms with Crippen molar-refractivity contribution in [3.8, 4) is 0 Å². The van der Waals surface area contributed by atoms with Gasteiger partial charge in [0.25, 0.3) is 0 Å². The molecular formula is C16H14BaO6S2. The average Bonchev–Trinajstić information content (AvgIpc) is 2.54. The van der Waals surface area contributed by atoms with E-state index in [2.05, 4.69) is 13.2 Å². The molecule has 0 N–H and O–H groups in total. The van der Waals surface area contributed by atoms with Crippen LogP contribution in [0.5, 0.6) is 0 Å². The van der Waals surface area contributed by atoms with Crippen molar-refractivity contribution in [3.05, 3.63) is 72.8 Å². The Labute approximate surface area is 187 Å². The molecule has 0 saturated carbocycles. The molecule has 0 saturated heterocycles. The Balaban J connectivity index is 0.000000443. The molecule has 0 unspecified atom stereocenters. The van der Waals surface area contributed by atoms with Gasteiger partial charge in [0.05, 0.1) is 9.79 Å². The van der Waals surface area contributed by atoms with Gasteiger partial charge in [-0.2, -0.15) is 0 Å². The Morgan fingerprint density at radius 1 is 0.720 bits per heavy atom. The molecule has 9 heteroatoms. The fourth-order valence-corrected chi connectivity index (χ4v) is 2.65. The summed E-state index contributed by atoms with van der Waals surface area (Å²) in [5.74, 6) is 0. The zero-order valence-corrected chi connectivity index (χ0v) is 19.2. The van der Waals surface area contributed by atoms with Crippen LogP contribution in [0.4, 0.5) is 0 Å². The molecule has 0 fully saturated rings. The van der Waals surface area contributed by atoms with Crippen molar-refractivity contribution in [3.63, 3.8) is 0 Å². The van der Waals surface area contributed by atoms with Gasteiger partial charge in [0.2, 0.25) is 0 Å². The van der Waals surface area contributed by atoms with Gasteiger partial charge in [0.1, 0.15) is 20.2 Å². The first kappa shape index (κ1) is 24.3. The maximum absolute atomic E-state index is 10.5. The molecule has 0 aliphatic rings. The second kappa shape index (κ2) is 10.5. The zero-order chi connectivity index (χ0) is 18.4. The van der Waals surface area contributed by atoms with E-state index in [0.717, 1.165) is 0 Å². The zero-order valence-electron chi connectivity index (χ0n) is 13.2. The van der Waals surface area contributed by atoms with Crippen LogP contribution in [-0.4, -0.2) is 74.8 Å². The molecule has 0 radical (unpaired) electrons. The Hall–Kier alpha value is -0.689. The quantitative estimate of drug-likeness (QED) is 0.466. The summed E-state index contributed by atoms with van der Waals surface area (Å²) in [6.07, 6.45) is 2.96. The summed E-state index contributed by atoms with van der Waals surface area (Å²) in [4.78, 5) is -0.445. The first-order valence-corrected chi connectivity index (χ1v) is 9.26. The fourth-order valence-electron chi connectivity index (χ4n) is 1.59. The van der Waals surface area contributed by atoms with Gasteiger partial charge in [-0.25, -0.2) is 16.8 Å². The van der Waals surface area contributed by atoms with Gasteiger partial charge in [-0.3, -0.25) is 0 Å². The number of hydrogen-bond donors (Lipinski definition) is 0. The Morgan fingerprint density at radius 2 is 1.04 bits per heavy atom. The molecule has 0 atom stereocenters. The van der Waals surface area contributed by atoms with Gasteiger partial charge in [-0.15, -0.1) is 0 Å². The average molecular weight is 504 g/mol. The molecule has 0 aliphatic heterocycles. The Kier molecular flexibility index (Phi) is 10.2. The SMILES string of the molecule is C=Cc1cccc(S(=O)(=O)[O-])c1.C=Cc1cccc(S(=O)(=O)[O-])c1.[Ba+2]. The predicted octanol–water partition coefficient (Wildman–Crippen LogP) is 2.09. The second-order valence-corrected chi connectivity index (χ2v) is 7.22. The van der Waals surface area contributed by atoms with Gasteiger partial charge in [-0.05, 0) is 35.4 Å². The molecule has 0 amide bonds. The van der Waals surface area contributed by atoms with Crippen molar-refractivity contribution < 1.29 is 25.9 Å². The van der Waals surface area contributed by atoms with Gasteiger partial charge in [-0.1, -0.05) is 49.6 Å². The van der Waals surface area contributed by atoms with Gasteiger partial charge >= 0.3 is 48.9 Å². The van der Waals surface area contributed by atoms with Gasteiger partial charge in [0.15, 0.2) is 0 Å². The van der Waals surface area contributed by atoms with Crippen molar-refractivity contribution in [1.82, 2.24) is 0 Å². The summed E-state index contributed by atoms with van der Waals surface area (Å²) >= 11 is 0. The van der Waals surface area contributed by atoms with E-state index >= 15 is 0 Å². The van der Waals surface area contributed by atoms with E-state index in [-0.39, 0.29) is 58.7 Å². The summed E-state index contributed by atoms with van der Waals surface area (Å²) < 4.78 is 63.1. The van der Waals surface area contributed by atoms with E-state index < -0.39 is 20.2 Å². The molecule has 0 aromatic heterocycles. The van der Waals surface area contributed by atoms with Gasteiger partial charge in [0, 0.05) is 0 Å². The standard InChI is InChI=1S/2C8H8O3S.Ba/c2*1-2-7-4-3-5-8(6-7)12(9,10)11;/h2*2-6H,1H2,(H,9,10,11);/q;;+2/p-2. The molecule has 6 nitrogen and oxygen atoms in total. The van der Waals surface area contributed by atoms with E-state index in [1.54, 1.807) is 12.1 Å². The van der Waals surface area contributed by atoms with E-state index in [4.69, 9.17) is 0 Å². The van der Waals surface area contributed by atoms with Crippen molar-refractivity contribution >= 4 is 81.3 Å². The molecule has 128 valence electrons. The molecule has 2 aromatic rings. The molecule has 2 aromatic carbocycles. The fraction of sp³-hybridized carbons (Fsp3) is 0. The molecule has 0 bridgehead atoms. The predicted molar refractivity (Wildman–Crippen MR) is 94.7 cm³/mol. The van der Waals surface area contributed by atoms with Crippen LogP contribution >= 0.6 is 0 Å². The largest absolute Gasteiger partial charge is 2.00 e. The minimum absolute atomic E-state index is 0. The van der Waals surface area contributed by atoms with Crippen LogP contribution < -0.4 is 0 Å². The van der Waals surface area contributed by atoms with Gasteiger partial charge < -0.3 is 9.11 Å². The third-order valence-corrected chi connectivity index (χ3v) is 4.43. The summed E-state index contributed by atoms with van der Waals surface area (Å²) in [6.45, 7) is 6.91. The molecule has 25 heavy (non-hydrogen) atoms. The van der Waals surface area contributed by atoms with Crippen molar-refractivity contribution in [2.75, 3.05) is 0 Å². The van der Waals surface area contributed by atoms with Crippen LogP contribution in [0.2, 0.25) is 0 Å². The maximum Gasteiger partial charge on any atom is 2.00 e. The van der Waals surface area contributed by atoms with Crippen molar-refractivity contribution in [2.24, 2.45) is 0 Å². The first-order valence-electron chi connectivity index (χ1n) is 6.44. The van der Waals surface area contributed by atoms with Crippen LogP contribution in [0.1, 0.15) is 11.1 Å². The number of rotatable bonds is 4. The van der Waals surface area contributed by atoms with E-state index in [9.17, 15) is 25.9 Å². The summed E-state index contributed by atoms with van der Waals surface area (Å²) in [5, 5.41) is 0. The minimum atomic E-state index is -4.33. The molecule has 0 aliphatic carbocycles. The van der Waals surface area contributed by atoms with Crippen LogP contribution in [-0.2, 0) is 20.2 Å². The van der Waals surface area contributed by atoms with E-state index in [1.165, 1.54) is 48.6 Å². The van der Waals surface area contributed by atoms with Crippen LogP contribution in [0.3, 0.4) is 0 Å². The van der Waals surface area contributed by atoms with Crippen LogP contribution in [0, 0.1) is 0 Å². The second-order valence-electron chi connectivity index (χ2n) is 4.46. The third-order valence-electron chi connectivity index (χ3n) is 2.76. The first-order chi connectivity index (χ1) is 11.1. The number of benzene rings is 2. The van der Waals surface area contributed by atoms with Crippen LogP contribution in [0.15, 0.2) is 71.5 Å². The molecular weight excluding hydrogens is 490 g/mol. The Bertz CT molecular complexity index is 871. The minimum Gasteiger partial charge on any atom is -0.744 e. The van der Waals surface area contributed by atoms with Crippen molar-refractivity contribution in [1.29, 1.82) is 0 Å². The normalized spacial score (nSPS) is 10.6. The number of hydrogen-bond acceptors (Lipinski definition) is 6. The smallest absolute Gasteiger partial charge is 0.744 e. The summed E-state index contributed by atoms with van der Waals surface area (Å²) in [6, 6.07) is 11.4. The Morgan fingerprint density at radius 3 is 1.28 bits per heavy atom. The van der Waals surface area contributed by atoms with Crippen molar-refractivity contribution in [2.45, 2.75) is 9.79 Å². The van der Waals surface area contributed by atoms with Crippen LogP contribution in [0.25, 0.3) is 12.2 Å². The van der Waals surface area contributed by atoms with E-state index in [1.807, 2.05) is 0 Å². The summed E-state index contributed by atoms with van der Waals surface area (Å²) in [5.41, 5.74) is 1.24. The monoisotopic (exact) mass is 504 g/mol. The molecule has 0 spiro atoms. The van der Waals surface area contributed by atoms with E-state index in [0.29, 0.717) is 11.1 Å².